The number of hydrogen-bond donors (Lipinski definition) is 0. The van der Waals surface area contributed by atoms with E-state index in [-0.39, 0.29) is 12.1 Å². The van der Waals surface area contributed by atoms with Crippen molar-refractivity contribution in [1.82, 2.24) is 0 Å². The Kier molecular flexibility index (Phi) is 5.40. The average molecular weight is 165 g/mol. The minimum absolute atomic E-state index is 0.0104. The van der Waals surface area contributed by atoms with Gasteiger partial charge in [0.25, 0.3) is 0 Å². The van der Waals surface area contributed by atoms with E-state index in [1.54, 1.807) is 0 Å². The van der Waals surface area contributed by atoms with E-state index in [0.717, 1.165) is 12.8 Å². The van der Waals surface area contributed by atoms with Crippen LogP contribution in [0.25, 0.3) is 0 Å². The lowest BCUT2D eigenvalue weighted by Gasteiger charge is -2.09. The van der Waals surface area contributed by atoms with Crippen LogP contribution < -0.4 is 0 Å². The van der Waals surface area contributed by atoms with E-state index < -0.39 is 0 Å². The second-order valence-corrected chi connectivity index (χ2v) is 2.63. The molecule has 10 heavy (non-hydrogen) atoms. The zero-order valence-corrected chi connectivity index (χ0v) is 7.15. The standard InChI is InChI=1S/C7H13ClO2/c1-6(4-3-5-8)10-7(2)9/h6H,3-5H2,1-2H3. The van der Waals surface area contributed by atoms with Crippen molar-refractivity contribution in [2.75, 3.05) is 5.88 Å². The lowest BCUT2D eigenvalue weighted by Crippen LogP contribution is -2.11. The van der Waals surface area contributed by atoms with Crippen LogP contribution in [0.1, 0.15) is 26.7 Å². The Hall–Kier alpha value is -0.240. The molecular weight excluding hydrogens is 152 g/mol. The maximum absolute atomic E-state index is 10.4. The summed E-state index contributed by atoms with van der Waals surface area (Å²) in [6, 6.07) is 0. The lowest BCUT2D eigenvalue weighted by molar-refractivity contribution is -0.145. The van der Waals surface area contributed by atoms with Gasteiger partial charge in [-0.15, -0.1) is 11.6 Å². The minimum Gasteiger partial charge on any atom is -0.463 e. The third-order valence-electron chi connectivity index (χ3n) is 1.11. The molecule has 0 radical (unpaired) electrons. The van der Waals surface area contributed by atoms with Crippen LogP contribution in [0.15, 0.2) is 0 Å². The second kappa shape index (κ2) is 5.54. The molecule has 0 aromatic carbocycles. The molecule has 0 aliphatic heterocycles. The zero-order chi connectivity index (χ0) is 7.98. The molecule has 0 rings (SSSR count). The number of esters is 1. The molecule has 0 saturated heterocycles. The van der Waals surface area contributed by atoms with Crippen molar-refractivity contribution in [1.29, 1.82) is 0 Å². The Bertz CT molecular complexity index is 104. The highest BCUT2D eigenvalue weighted by molar-refractivity contribution is 6.17. The molecule has 0 bridgehead atoms. The average Bonchev–Trinajstić information content (AvgIpc) is 1.82. The molecular formula is C7H13ClO2. The molecule has 0 aliphatic carbocycles. The third-order valence-corrected chi connectivity index (χ3v) is 1.38. The van der Waals surface area contributed by atoms with E-state index in [4.69, 9.17) is 16.3 Å². The fraction of sp³-hybridized carbons (Fsp3) is 0.857. The van der Waals surface area contributed by atoms with E-state index in [1.807, 2.05) is 6.92 Å². The monoisotopic (exact) mass is 164 g/mol. The molecule has 0 saturated carbocycles. The predicted molar refractivity (Wildman–Crippen MR) is 41.2 cm³/mol. The van der Waals surface area contributed by atoms with Gasteiger partial charge in [0, 0.05) is 12.8 Å². The Labute approximate surface area is 66.5 Å². The molecule has 0 aliphatic rings. The number of alkyl halides is 1. The van der Waals surface area contributed by atoms with Crippen molar-refractivity contribution >= 4 is 17.6 Å². The summed E-state index contributed by atoms with van der Waals surface area (Å²) >= 11 is 5.44. The first-order valence-corrected chi connectivity index (χ1v) is 3.93. The van der Waals surface area contributed by atoms with Gasteiger partial charge in [0.05, 0.1) is 6.10 Å². The summed E-state index contributed by atoms with van der Waals surface area (Å²) in [5.41, 5.74) is 0. The molecule has 0 spiro atoms. The van der Waals surface area contributed by atoms with Crippen molar-refractivity contribution in [2.24, 2.45) is 0 Å². The van der Waals surface area contributed by atoms with E-state index in [9.17, 15) is 4.79 Å². The predicted octanol–water partition coefficient (Wildman–Crippen LogP) is 1.96. The molecule has 1 unspecified atom stereocenters. The smallest absolute Gasteiger partial charge is 0.302 e. The molecule has 0 fully saturated rings. The SMILES string of the molecule is CC(=O)OC(C)CCCCl. The van der Waals surface area contributed by atoms with Crippen LogP contribution >= 0.6 is 11.6 Å². The van der Waals surface area contributed by atoms with Crippen LogP contribution in [0.2, 0.25) is 0 Å². The fourth-order valence-electron chi connectivity index (χ4n) is 0.707. The number of rotatable bonds is 4. The number of carbonyl (C=O) groups excluding carboxylic acids is 1. The maximum Gasteiger partial charge on any atom is 0.302 e. The van der Waals surface area contributed by atoms with Gasteiger partial charge in [0.15, 0.2) is 0 Å². The summed E-state index contributed by atoms with van der Waals surface area (Å²) in [6.45, 7) is 3.28. The normalized spacial score (nSPS) is 12.7. The third kappa shape index (κ3) is 5.89. The molecule has 3 heteroatoms. The highest BCUT2D eigenvalue weighted by Crippen LogP contribution is 2.02. The maximum atomic E-state index is 10.4. The molecule has 0 N–H and O–H groups in total. The Balaban J connectivity index is 3.25. The van der Waals surface area contributed by atoms with Gasteiger partial charge in [0.1, 0.15) is 0 Å². The van der Waals surface area contributed by atoms with Gasteiger partial charge < -0.3 is 4.74 Å². The van der Waals surface area contributed by atoms with Gasteiger partial charge in [0.2, 0.25) is 0 Å². The molecule has 60 valence electrons. The van der Waals surface area contributed by atoms with Gasteiger partial charge in [-0.25, -0.2) is 0 Å². The van der Waals surface area contributed by atoms with E-state index in [2.05, 4.69) is 0 Å². The zero-order valence-electron chi connectivity index (χ0n) is 6.39. The summed E-state index contributed by atoms with van der Waals surface area (Å²) in [5, 5.41) is 0. The Morgan fingerprint density at radius 1 is 1.70 bits per heavy atom. The minimum atomic E-state index is -0.220. The van der Waals surface area contributed by atoms with Crippen molar-refractivity contribution in [3.63, 3.8) is 0 Å². The first-order chi connectivity index (χ1) is 4.66. The summed E-state index contributed by atoms with van der Waals surface area (Å²) in [4.78, 5) is 10.4. The quantitative estimate of drug-likeness (QED) is 0.469. The van der Waals surface area contributed by atoms with Crippen molar-refractivity contribution in [3.8, 4) is 0 Å². The van der Waals surface area contributed by atoms with Gasteiger partial charge in [-0.3, -0.25) is 4.79 Å². The molecule has 2 nitrogen and oxygen atoms in total. The fourth-order valence-corrected chi connectivity index (χ4v) is 0.861. The van der Waals surface area contributed by atoms with Crippen LogP contribution in [0, 0.1) is 0 Å². The van der Waals surface area contributed by atoms with Gasteiger partial charge >= 0.3 is 5.97 Å². The van der Waals surface area contributed by atoms with E-state index in [1.165, 1.54) is 6.92 Å². The summed E-state index contributed by atoms with van der Waals surface area (Å²) in [6.07, 6.45) is 1.76. The van der Waals surface area contributed by atoms with Crippen molar-refractivity contribution < 1.29 is 9.53 Å². The molecule has 1 atom stereocenters. The van der Waals surface area contributed by atoms with Crippen LogP contribution in [0.5, 0.6) is 0 Å². The number of halogens is 1. The van der Waals surface area contributed by atoms with Crippen LogP contribution in [0.4, 0.5) is 0 Å². The Morgan fingerprint density at radius 3 is 2.70 bits per heavy atom. The largest absolute Gasteiger partial charge is 0.463 e. The van der Waals surface area contributed by atoms with Gasteiger partial charge in [-0.2, -0.15) is 0 Å². The summed E-state index contributed by atoms with van der Waals surface area (Å²) in [5.74, 6) is 0.410. The first kappa shape index (κ1) is 9.76. The van der Waals surface area contributed by atoms with Crippen LogP contribution in [-0.2, 0) is 9.53 Å². The molecule has 0 aromatic heterocycles. The molecule has 0 aromatic rings. The van der Waals surface area contributed by atoms with Gasteiger partial charge in [-0.05, 0) is 19.8 Å². The summed E-state index contributed by atoms with van der Waals surface area (Å²) in [7, 11) is 0. The van der Waals surface area contributed by atoms with Crippen molar-refractivity contribution in [2.45, 2.75) is 32.8 Å². The van der Waals surface area contributed by atoms with E-state index >= 15 is 0 Å². The number of hydrogen-bond acceptors (Lipinski definition) is 2. The van der Waals surface area contributed by atoms with Crippen LogP contribution in [0.3, 0.4) is 0 Å². The lowest BCUT2D eigenvalue weighted by atomic mass is 10.2. The van der Waals surface area contributed by atoms with E-state index in [0.29, 0.717) is 5.88 Å². The topological polar surface area (TPSA) is 26.3 Å². The molecule has 0 heterocycles. The number of ether oxygens (including phenoxy) is 1. The Morgan fingerprint density at radius 2 is 2.30 bits per heavy atom. The highest BCUT2D eigenvalue weighted by atomic mass is 35.5. The first-order valence-electron chi connectivity index (χ1n) is 3.40. The highest BCUT2D eigenvalue weighted by Gasteiger charge is 2.03. The molecule has 0 amide bonds. The summed E-state index contributed by atoms with van der Waals surface area (Å²) < 4.78 is 4.85. The van der Waals surface area contributed by atoms with Crippen molar-refractivity contribution in [3.05, 3.63) is 0 Å². The second-order valence-electron chi connectivity index (χ2n) is 2.25. The van der Waals surface area contributed by atoms with Gasteiger partial charge in [-0.1, -0.05) is 0 Å². The number of carbonyl (C=O) groups is 1. The van der Waals surface area contributed by atoms with Crippen LogP contribution in [-0.4, -0.2) is 18.0 Å².